The fourth-order valence-electron chi connectivity index (χ4n) is 0.285. The van der Waals surface area contributed by atoms with Crippen molar-refractivity contribution in [1.82, 2.24) is 5.06 Å². The van der Waals surface area contributed by atoms with Crippen LogP contribution in [0.5, 0.6) is 0 Å². The molecule has 0 aromatic rings. The number of nitrogens with zero attached hydrogens (tertiary/aromatic N) is 1. The molecule has 0 amide bonds. The van der Waals surface area contributed by atoms with Crippen LogP contribution in [0.25, 0.3) is 0 Å². The minimum atomic E-state index is -0.194. The fraction of sp³-hybridized carbons (Fsp3) is 0.833. The van der Waals surface area contributed by atoms with Gasteiger partial charge in [-0.15, -0.1) is 17.5 Å². The maximum Gasteiger partial charge on any atom is 0.327 e. The molecule has 0 unspecified atom stereocenters. The second-order valence-electron chi connectivity index (χ2n) is 2.38. The minimum absolute atomic E-state index is 0. The Balaban J connectivity index is 0. The molecule has 3 nitrogen and oxygen atoms in total. The Labute approximate surface area is 67.7 Å². The van der Waals surface area contributed by atoms with E-state index < -0.39 is 0 Å². The number of rotatable bonds is 2. The summed E-state index contributed by atoms with van der Waals surface area (Å²) in [5.74, 6) is -0.243. The van der Waals surface area contributed by atoms with Gasteiger partial charge in [0.25, 0.3) is 0 Å². The van der Waals surface area contributed by atoms with Crippen molar-refractivity contribution in [3.8, 4) is 0 Å². The van der Waals surface area contributed by atoms with E-state index in [-0.39, 0.29) is 24.3 Å². The average molecular weight is 168 g/mol. The first-order valence-electron chi connectivity index (χ1n) is 2.93. The Morgan fingerprint density at radius 1 is 1.40 bits per heavy atom. The minimum Gasteiger partial charge on any atom is -0.368 e. The van der Waals surface area contributed by atoms with Gasteiger partial charge in [0.15, 0.2) is 0 Å². The van der Waals surface area contributed by atoms with Crippen LogP contribution >= 0.6 is 12.4 Å². The topological polar surface area (TPSA) is 29.5 Å². The molecular weight excluding hydrogens is 154 g/mol. The van der Waals surface area contributed by atoms with Crippen LogP contribution in [0.3, 0.4) is 0 Å². The normalized spacial score (nSPS) is 9.40. The van der Waals surface area contributed by atoms with Crippen LogP contribution in [0.2, 0.25) is 0 Å². The lowest BCUT2D eigenvalue weighted by Gasteiger charge is -2.10. The molecule has 62 valence electrons. The molecule has 0 radical (unpaired) electrons. The number of halogens is 1. The second-order valence-corrected chi connectivity index (χ2v) is 2.38. The number of carbonyl (C=O) groups is 1. The predicted molar refractivity (Wildman–Crippen MR) is 41.9 cm³/mol. The van der Waals surface area contributed by atoms with Crippen LogP contribution in [-0.4, -0.2) is 25.1 Å². The molecule has 0 aliphatic carbocycles. The third-order valence-electron chi connectivity index (χ3n) is 0.744. The Hall–Kier alpha value is -0.280. The molecular formula is C6H14ClNO2. The van der Waals surface area contributed by atoms with Crippen molar-refractivity contribution < 1.29 is 9.63 Å². The van der Waals surface area contributed by atoms with Crippen molar-refractivity contribution in [3.05, 3.63) is 0 Å². The molecule has 0 bridgehead atoms. The quantitative estimate of drug-likeness (QED) is 0.577. The van der Waals surface area contributed by atoms with Gasteiger partial charge in [0.1, 0.15) is 0 Å². The molecule has 0 aliphatic heterocycles. The molecule has 0 aliphatic rings. The lowest BCUT2D eigenvalue weighted by molar-refractivity contribution is -0.182. The zero-order chi connectivity index (χ0) is 7.44. The molecule has 0 N–H and O–H groups in total. The summed E-state index contributed by atoms with van der Waals surface area (Å²) < 4.78 is 0. The summed E-state index contributed by atoms with van der Waals surface area (Å²) in [6.45, 7) is 3.59. The zero-order valence-electron chi connectivity index (χ0n) is 6.75. The number of hydroxylamine groups is 2. The summed E-state index contributed by atoms with van der Waals surface area (Å²) in [7, 11) is 3.36. The average Bonchev–Trinajstić information content (AvgIpc) is 1.63. The van der Waals surface area contributed by atoms with Crippen LogP contribution in [0.1, 0.15) is 13.8 Å². The summed E-state index contributed by atoms with van der Waals surface area (Å²) in [5.41, 5.74) is 0. The third-order valence-corrected chi connectivity index (χ3v) is 0.744. The van der Waals surface area contributed by atoms with E-state index in [1.165, 1.54) is 5.06 Å². The van der Waals surface area contributed by atoms with Crippen molar-refractivity contribution in [2.45, 2.75) is 13.8 Å². The van der Waals surface area contributed by atoms with E-state index in [9.17, 15) is 4.79 Å². The Morgan fingerprint density at radius 2 is 1.80 bits per heavy atom. The lowest BCUT2D eigenvalue weighted by Crippen LogP contribution is -2.21. The van der Waals surface area contributed by atoms with E-state index >= 15 is 0 Å². The van der Waals surface area contributed by atoms with Gasteiger partial charge in [0.2, 0.25) is 0 Å². The molecule has 0 heterocycles. The van der Waals surface area contributed by atoms with Gasteiger partial charge in [-0.25, -0.2) is 0 Å². The van der Waals surface area contributed by atoms with Crippen molar-refractivity contribution in [2.75, 3.05) is 14.1 Å². The standard InChI is InChI=1S/C6H13NO2.ClH/c1-5(2)6(8)9-7(3)4;/h5H,1-4H3;1H. The largest absolute Gasteiger partial charge is 0.368 e. The van der Waals surface area contributed by atoms with Gasteiger partial charge >= 0.3 is 5.97 Å². The number of hydrogen-bond donors (Lipinski definition) is 0. The molecule has 0 fully saturated rings. The van der Waals surface area contributed by atoms with Crippen LogP contribution in [-0.2, 0) is 9.63 Å². The first kappa shape index (κ1) is 12.4. The van der Waals surface area contributed by atoms with Gasteiger partial charge < -0.3 is 4.84 Å². The fourth-order valence-corrected chi connectivity index (χ4v) is 0.285. The molecule has 0 aromatic carbocycles. The summed E-state index contributed by atoms with van der Waals surface area (Å²) in [4.78, 5) is 15.4. The first-order chi connectivity index (χ1) is 4.04. The first-order valence-corrected chi connectivity index (χ1v) is 2.93. The highest BCUT2D eigenvalue weighted by atomic mass is 35.5. The Kier molecular flexibility index (Phi) is 6.82. The molecule has 0 saturated carbocycles. The van der Waals surface area contributed by atoms with E-state index in [0.29, 0.717) is 0 Å². The van der Waals surface area contributed by atoms with Crippen molar-refractivity contribution >= 4 is 18.4 Å². The van der Waals surface area contributed by atoms with Crippen LogP contribution in [0.4, 0.5) is 0 Å². The van der Waals surface area contributed by atoms with Gasteiger partial charge in [-0.2, -0.15) is 0 Å². The van der Waals surface area contributed by atoms with Crippen molar-refractivity contribution in [3.63, 3.8) is 0 Å². The smallest absolute Gasteiger partial charge is 0.327 e. The summed E-state index contributed by atoms with van der Waals surface area (Å²) in [5, 5.41) is 1.39. The SMILES string of the molecule is CC(C)C(=O)ON(C)C.Cl. The highest BCUT2D eigenvalue weighted by molar-refractivity contribution is 5.85. The van der Waals surface area contributed by atoms with Gasteiger partial charge in [0, 0.05) is 14.1 Å². The Bertz CT molecular complexity index is 104. The lowest BCUT2D eigenvalue weighted by atomic mass is 10.2. The van der Waals surface area contributed by atoms with Gasteiger partial charge in [0.05, 0.1) is 5.92 Å². The highest BCUT2D eigenvalue weighted by Crippen LogP contribution is 1.95. The van der Waals surface area contributed by atoms with Crippen LogP contribution in [0.15, 0.2) is 0 Å². The molecule has 4 heteroatoms. The van der Waals surface area contributed by atoms with Crippen molar-refractivity contribution in [1.29, 1.82) is 0 Å². The summed E-state index contributed by atoms with van der Waals surface area (Å²) >= 11 is 0. The molecule has 0 saturated heterocycles. The van der Waals surface area contributed by atoms with E-state index in [0.717, 1.165) is 0 Å². The highest BCUT2D eigenvalue weighted by Gasteiger charge is 2.08. The molecule has 0 aromatic heterocycles. The Morgan fingerprint density at radius 3 is 1.90 bits per heavy atom. The number of hydrogen-bond acceptors (Lipinski definition) is 3. The molecule has 0 atom stereocenters. The maximum atomic E-state index is 10.7. The van der Waals surface area contributed by atoms with E-state index in [1.54, 1.807) is 27.9 Å². The van der Waals surface area contributed by atoms with Crippen LogP contribution in [0, 0.1) is 5.92 Å². The van der Waals surface area contributed by atoms with Crippen LogP contribution < -0.4 is 0 Å². The van der Waals surface area contributed by atoms with E-state index in [2.05, 4.69) is 0 Å². The van der Waals surface area contributed by atoms with Gasteiger partial charge in [-0.1, -0.05) is 13.8 Å². The zero-order valence-corrected chi connectivity index (χ0v) is 7.57. The molecule has 10 heavy (non-hydrogen) atoms. The maximum absolute atomic E-state index is 10.7. The second kappa shape index (κ2) is 5.50. The van der Waals surface area contributed by atoms with Gasteiger partial charge in [-0.05, 0) is 0 Å². The monoisotopic (exact) mass is 167 g/mol. The molecule has 0 spiro atoms. The predicted octanol–water partition coefficient (Wildman–Crippen LogP) is 1.08. The van der Waals surface area contributed by atoms with Crippen molar-refractivity contribution in [2.24, 2.45) is 5.92 Å². The van der Waals surface area contributed by atoms with E-state index in [1.807, 2.05) is 0 Å². The third kappa shape index (κ3) is 5.85. The number of carbonyl (C=O) groups excluding carboxylic acids is 1. The molecule has 0 rings (SSSR count). The summed E-state index contributed by atoms with van der Waals surface area (Å²) in [6.07, 6.45) is 0. The van der Waals surface area contributed by atoms with E-state index in [4.69, 9.17) is 4.84 Å². The van der Waals surface area contributed by atoms with Gasteiger partial charge in [-0.3, -0.25) is 4.79 Å². The summed E-state index contributed by atoms with van der Waals surface area (Å²) in [6, 6.07) is 0.